The van der Waals surface area contributed by atoms with Gasteiger partial charge in [0.1, 0.15) is 5.01 Å². The van der Waals surface area contributed by atoms with Crippen molar-refractivity contribution in [3.8, 4) is 0 Å². The number of amides is 1. The Morgan fingerprint density at radius 2 is 2.29 bits per heavy atom. The summed E-state index contributed by atoms with van der Waals surface area (Å²) < 4.78 is 0. The van der Waals surface area contributed by atoms with Gasteiger partial charge in [0.25, 0.3) is 0 Å². The Morgan fingerprint density at radius 1 is 1.64 bits per heavy atom. The van der Waals surface area contributed by atoms with E-state index in [9.17, 15) is 4.79 Å². The van der Waals surface area contributed by atoms with E-state index in [0.29, 0.717) is 6.54 Å². The summed E-state index contributed by atoms with van der Waals surface area (Å²) in [6, 6.07) is 0.233. The van der Waals surface area contributed by atoms with Gasteiger partial charge in [0.05, 0.1) is 6.54 Å². The Hall–Kier alpha value is -0.900. The smallest absolute Gasteiger partial charge is 0.220 e. The lowest BCUT2D eigenvalue weighted by atomic mass is 10.3. The number of carbonyl (C=O) groups is 1. The van der Waals surface area contributed by atoms with Crippen molar-refractivity contribution in [2.75, 3.05) is 0 Å². The Balaban J connectivity index is 2.69. The van der Waals surface area contributed by atoms with Gasteiger partial charge in [0, 0.05) is 24.0 Å². The Labute approximate surface area is 88.8 Å². The summed E-state index contributed by atoms with van der Waals surface area (Å²) in [5, 5.41) is 3.01. The van der Waals surface area contributed by atoms with Gasteiger partial charge < -0.3 is 4.90 Å². The van der Waals surface area contributed by atoms with Gasteiger partial charge >= 0.3 is 0 Å². The maximum atomic E-state index is 11.3. The molecule has 1 rings (SSSR count). The number of aromatic nitrogens is 1. The third-order valence-electron chi connectivity index (χ3n) is 2.00. The van der Waals surface area contributed by atoms with Crippen LogP contribution in [0.4, 0.5) is 0 Å². The number of thiazole rings is 1. The van der Waals surface area contributed by atoms with Gasteiger partial charge in [-0.2, -0.15) is 0 Å². The minimum atomic E-state index is 0.104. The second kappa shape index (κ2) is 4.55. The summed E-state index contributed by atoms with van der Waals surface area (Å²) >= 11 is 1.61. The molecule has 0 spiro atoms. The van der Waals surface area contributed by atoms with Crippen LogP contribution >= 0.6 is 11.3 Å². The Morgan fingerprint density at radius 3 is 2.64 bits per heavy atom. The summed E-state index contributed by atoms with van der Waals surface area (Å²) in [6.45, 7) is 8.23. The molecule has 3 nitrogen and oxygen atoms in total. The number of hydrogen-bond donors (Lipinski definition) is 0. The third-order valence-corrected chi connectivity index (χ3v) is 2.95. The molecule has 1 heterocycles. The van der Waals surface area contributed by atoms with Crippen LogP contribution in [0.1, 0.15) is 31.5 Å². The molecule has 0 atom stereocenters. The van der Waals surface area contributed by atoms with Crippen molar-refractivity contribution in [3.05, 3.63) is 16.1 Å². The average Bonchev–Trinajstić information content (AvgIpc) is 2.46. The van der Waals surface area contributed by atoms with Gasteiger partial charge in [0.2, 0.25) is 5.91 Å². The highest BCUT2D eigenvalue weighted by atomic mass is 32.1. The van der Waals surface area contributed by atoms with Gasteiger partial charge in [-0.15, -0.1) is 11.3 Å². The van der Waals surface area contributed by atoms with E-state index in [-0.39, 0.29) is 11.9 Å². The maximum Gasteiger partial charge on any atom is 0.220 e. The highest BCUT2D eigenvalue weighted by Gasteiger charge is 2.14. The van der Waals surface area contributed by atoms with Crippen LogP contribution in [0.5, 0.6) is 0 Å². The fourth-order valence-corrected chi connectivity index (χ4v) is 2.05. The number of hydrogen-bond acceptors (Lipinski definition) is 3. The molecule has 14 heavy (non-hydrogen) atoms. The van der Waals surface area contributed by atoms with Gasteiger partial charge in [-0.05, 0) is 20.8 Å². The van der Waals surface area contributed by atoms with Crippen LogP contribution in [0.25, 0.3) is 0 Å². The third kappa shape index (κ3) is 2.80. The normalized spacial score (nSPS) is 10.6. The minimum absolute atomic E-state index is 0.104. The Kier molecular flexibility index (Phi) is 3.63. The first-order chi connectivity index (χ1) is 6.50. The molecule has 0 aliphatic carbocycles. The first kappa shape index (κ1) is 11.2. The van der Waals surface area contributed by atoms with E-state index < -0.39 is 0 Å². The van der Waals surface area contributed by atoms with Crippen LogP contribution < -0.4 is 0 Å². The summed E-state index contributed by atoms with van der Waals surface area (Å²) in [5.74, 6) is 0.104. The second-order valence-electron chi connectivity index (χ2n) is 3.62. The van der Waals surface area contributed by atoms with Gasteiger partial charge in [-0.3, -0.25) is 4.79 Å². The van der Waals surface area contributed by atoms with Crippen LogP contribution in [0.15, 0.2) is 5.38 Å². The largest absolute Gasteiger partial charge is 0.334 e. The number of rotatable bonds is 3. The zero-order valence-corrected chi connectivity index (χ0v) is 9.89. The van der Waals surface area contributed by atoms with Crippen molar-refractivity contribution >= 4 is 17.2 Å². The summed E-state index contributed by atoms with van der Waals surface area (Å²) in [5.41, 5.74) is 1.03. The molecule has 4 heteroatoms. The zero-order valence-electron chi connectivity index (χ0n) is 9.07. The van der Waals surface area contributed by atoms with E-state index >= 15 is 0 Å². The van der Waals surface area contributed by atoms with Crippen LogP contribution in [-0.4, -0.2) is 21.8 Å². The highest BCUT2D eigenvalue weighted by Crippen LogP contribution is 2.13. The topological polar surface area (TPSA) is 33.2 Å². The molecule has 0 radical (unpaired) electrons. The van der Waals surface area contributed by atoms with E-state index in [0.717, 1.165) is 10.7 Å². The number of carbonyl (C=O) groups excluding carboxylic acids is 1. The number of nitrogens with zero attached hydrogens (tertiary/aromatic N) is 2. The maximum absolute atomic E-state index is 11.3. The van der Waals surface area contributed by atoms with Crippen LogP contribution in [0.2, 0.25) is 0 Å². The lowest BCUT2D eigenvalue weighted by Crippen LogP contribution is -2.34. The molecule has 0 aliphatic heterocycles. The monoisotopic (exact) mass is 212 g/mol. The Bertz CT molecular complexity index is 320. The van der Waals surface area contributed by atoms with Crippen LogP contribution in [0, 0.1) is 6.92 Å². The summed E-state index contributed by atoms with van der Waals surface area (Å²) in [7, 11) is 0. The molecule has 1 aromatic heterocycles. The van der Waals surface area contributed by atoms with Gasteiger partial charge in [-0.1, -0.05) is 0 Å². The summed E-state index contributed by atoms with van der Waals surface area (Å²) in [6.07, 6.45) is 0. The number of aryl methyl sites for hydroxylation is 1. The van der Waals surface area contributed by atoms with Crippen LogP contribution in [0.3, 0.4) is 0 Å². The lowest BCUT2D eigenvalue weighted by Gasteiger charge is -2.23. The molecule has 1 aromatic rings. The molecule has 0 saturated carbocycles. The lowest BCUT2D eigenvalue weighted by molar-refractivity contribution is -0.131. The zero-order chi connectivity index (χ0) is 10.7. The molecule has 0 aromatic carbocycles. The first-order valence-electron chi connectivity index (χ1n) is 4.69. The quantitative estimate of drug-likeness (QED) is 0.769. The molecular formula is C10H16N2OS. The molecule has 0 N–H and O–H groups in total. The predicted molar refractivity (Wildman–Crippen MR) is 58.2 cm³/mol. The highest BCUT2D eigenvalue weighted by molar-refractivity contribution is 7.09. The molecule has 1 amide bonds. The van der Waals surface area contributed by atoms with E-state index in [1.54, 1.807) is 18.3 Å². The molecular weight excluding hydrogens is 196 g/mol. The predicted octanol–water partition coefficient (Wildman–Crippen LogP) is 2.21. The van der Waals surface area contributed by atoms with E-state index in [1.165, 1.54) is 0 Å². The fourth-order valence-electron chi connectivity index (χ4n) is 1.28. The molecule has 0 saturated heterocycles. The molecule has 0 aliphatic rings. The fraction of sp³-hybridized carbons (Fsp3) is 0.600. The standard InChI is InChI=1S/C10H16N2OS/c1-7(2)12(9(4)13)5-10-11-8(3)6-14-10/h6-7H,5H2,1-4H3. The average molecular weight is 212 g/mol. The van der Waals surface area contributed by atoms with Crippen molar-refractivity contribution in [1.82, 2.24) is 9.88 Å². The summed E-state index contributed by atoms with van der Waals surface area (Å²) in [4.78, 5) is 17.5. The van der Waals surface area contributed by atoms with Crippen molar-refractivity contribution < 1.29 is 4.79 Å². The molecule has 0 bridgehead atoms. The van der Waals surface area contributed by atoms with E-state index in [4.69, 9.17) is 0 Å². The van der Waals surface area contributed by atoms with Crippen LogP contribution in [-0.2, 0) is 11.3 Å². The van der Waals surface area contributed by atoms with E-state index in [2.05, 4.69) is 4.98 Å². The SMILES string of the molecule is CC(=O)N(Cc1nc(C)cs1)C(C)C. The van der Waals surface area contributed by atoms with E-state index in [1.807, 2.05) is 31.1 Å². The van der Waals surface area contributed by atoms with Crippen molar-refractivity contribution in [1.29, 1.82) is 0 Å². The van der Waals surface area contributed by atoms with Gasteiger partial charge in [0.15, 0.2) is 0 Å². The van der Waals surface area contributed by atoms with Crippen molar-refractivity contribution in [2.45, 2.75) is 40.3 Å². The first-order valence-corrected chi connectivity index (χ1v) is 5.57. The second-order valence-corrected chi connectivity index (χ2v) is 4.57. The molecule has 0 fully saturated rings. The van der Waals surface area contributed by atoms with Crippen molar-refractivity contribution in [3.63, 3.8) is 0 Å². The molecule has 78 valence electrons. The minimum Gasteiger partial charge on any atom is -0.334 e. The molecule has 0 unspecified atom stereocenters. The van der Waals surface area contributed by atoms with Gasteiger partial charge in [-0.25, -0.2) is 4.98 Å². The van der Waals surface area contributed by atoms with Crippen molar-refractivity contribution in [2.24, 2.45) is 0 Å².